The van der Waals surface area contributed by atoms with Crippen molar-refractivity contribution < 1.29 is 4.43 Å². The van der Waals surface area contributed by atoms with Crippen LogP contribution in [0.4, 0.5) is 0 Å². The average Bonchev–Trinajstić information content (AvgIpc) is 3.23. The van der Waals surface area contributed by atoms with E-state index in [-0.39, 0.29) is 16.6 Å². The molecule has 0 aliphatic heterocycles. The fourth-order valence-corrected chi connectivity index (χ4v) is 11.9. The minimum absolute atomic E-state index is 0.0389. The Labute approximate surface area is 252 Å². The second-order valence-corrected chi connectivity index (χ2v) is 18.3. The predicted molar refractivity (Wildman–Crippen MR) is 181 cm³/mol. The lowest BCUT2D eigenvalue weighted by molar-refractivity contribution is 0.209. The Bertz CT molecular complexity index is 1220. The highest BCUT2D eigenvalue weighted by atomic mass is 28.4. The molecule has 2 aliphatic carbocycles. The molecule has 2 aromatic carbocycles. The van der Waals surface area contributed by atoms with Gasteiger partial charge in [-0.05, 0) is 104 Å². The molecule has 0 bridgehead atoms. The average molecular weight is 567 g/mol. The summed E-state index contributed by atoms with van der Waals surface area (Å²) < 4.78 is 7.75. The van der Waals surface area contributed by atoms with Gasteiger partial charge in [0, 0.05) is 0 Å². The summed E-state index contributed by atoms with van der Waals surface area (Å²) in [6.07, 6.45) is 16.5. The van der Waals surface area contributed by atoms with E-state index in [1.807, 2.05) is 0 Å². The van der Waals surface area contributed by atoms with Crippen LogP contribution in [0.15, 0.2) is 108 Å². The van der Waals surface area contributed by atoms with Crippen molar-refractivity contribution in [3.05, 3.63) is 108 Å². The maximum Gasteiger partial charge on any atom is 0.261 e. The van der Waals surface area contributed by atoms with Gasteiger partial charge in [-0.3, -0.25) is 0 Å². The van der Waals surface area contributed by atoms with Crippen molar-refractivity contribution in [3.63, 3.8) is 0 Å². The molecule has 220 valence electrons. The molecular formula is C39H54OSi. The monoisotopic (exact) mass is 566 g/mol. The first-order valence-electron chi connectivity index (χ1n) is 15.9. The van der Waals surface area contributed by atoms with Gasteiger partial charge >= 0.3 is 0 Å². The van der Waals surface area contributed by atoms with Crippen molar-refractivity contribution in [2.45, 2.75) is 111 Å². The molecule has 0 aromatic heterocycles. The fraction of sp³-hybridized carbons (Fsp3) is 0.487. The van der Waals surface area contributed by atoms with Gasteiger partial charge in [-0.1, -0.05) is 130 Å². The first-order chi connectivity index (χ1) is 19.5. The van der Waals surface area contributed by atoms with E-state index in [9.17, 15) is 0 Å². The van der Waals surface area contributed by atoms with E-state index in [2.05, 4.69) is 134 Å². The van der Waals surface area contributed by atoms with Gasteiger partial charge in [0.25, 0.3) is 8.32 Å². The molecule has 0 amide bonds. The molecule has 1 saturated carbocycles. The number of rotatable bonds is 4. The zero-order valence-corrected chi connectivity index (χ0v) is 27.9. The number of fused-ring (bicyclic) bond motifs is 1. The van der Waals surface area contributed by atoms with Crippen LogP contribution in [0.2, 0.25) is 5.04 Å². The molecule has 0 saturated heterocycles. The molecule has 2 aromatic rings. The summed E-state index contributed by atoms with van der Waals surface area (Å²) in [5.41, 5.74) is 6.01. The minimum Gasteiger partial charge on any atom is -0.401 e. The molecule has 0 N–H and O–H groups in total. The van der Waals surface area contributed by atoms with Crippen LogP contribution in [0.1, 0.15) is 99.8 Å². The van der Waals surface area contributed by atoms with Crippen LogP contribution in [0.3, 0.4) is 0 Å². The van der Waals surface area contributed by atoms with Gasteiger partial charge in [-0.15, -0.1) is 0 Å². The maximum atomic E-state index is 7.75. The van der Waals surface area contributed by atoms with Gasteiger partial charge in [-0.25, -0.2) is 0 Å². The lowest BCUT2D eigenvalue weighted by atomic mass is 9.73. The van der Waals surface area contributed by atoms with Crippen molar-refractivity contribution in [1.82, 2.24) is 0 Å². The summed E-state index contributed by atoms with van der Waals surface area (Å²) in [5, 5.41) is 2.68. The molecule has 1 nitrogen and oxygen atoms in total. The highest BCUT2D eigenvalue weighted by Crippen LogP contribution is 2.51. The molecule has 2 aliphatic rings. The third-order valence-corrected chi connectivity index (χ3v) is 15.2. The summed E-state index contributed by atoms with van der Waals surface area (Å²) in [6.45, 7) is 21.2. The summed E-state index contributed by atoms with van der Waals surface area (Å²) in [4.78, 5) is 0. The van der Waals surface area contributed by atoms with E-state index >= 15 is 0 Å². The van der Waals surface area contributed by atoms with Crippen LogP contribution < -0.4 is 10.4 Å². The van der Waals surface area contributed by atoms with Crippen LogP contribution in [0.5, 0.6) is 0 Å². The van der Waals surface area contributed by atoms with E-state index in [1.165, 1.54) is 39.1 Å². The molecule has 1 fully saturated rings. The fourth-order valence-electron chi connectivity index (χ4n) is 7.17. The molecule has 4 rings (SSSR count). The Hall–Kier alpha value is -2.42. The Morgan fingerprint density at radius 1 is 0.780 bits per heavy atom. The van der Waals surface area contributed by atoms with Gasteiger partial charge in [0.05, 0.1) is 6.10 Å². The van der Waals surface area contributed by atoms with E-state index in [4.69, 9.17) is 4.43 Å². The van der Waals surface area contributed by atoms with Crippen LogP contribution >= 0.6 is 0 Å². The van der Waals surface area contributed by atoms with E-state index in [0.29, 0.717) is 5.92 Å². The van der Waals surface area contributed by atoms with Gasteiger partial charge in [0.1, 0.15) is 0 Å². The molecular weight excluding hydrogens is 513 g/mol. The molecule has 0 spiro atoms. The summed E-state index contributed by atoms with van der Waals surface area (Å²) in [6, 6.07) is 22.2. The zero-order chi connectivity index (χ0) is 29.7. The largest absolute Gasteiger partial charge is 0.401 e. The smallest absolute Gasteiger partial charge is 0.261 e. The third-order valence-electron chi connectivity index (χ3n) is 10.2. The quantitative estimate of drug-likeness (QED) is 0.264. The Kier molecular flexibility index (Phi) is 10.2. The van der Waals surface area contributed by atoms with Crippen LogP contribution in [-0.2, 0) is 4.43 Å². The number of hydrogen-bond donors (Lipinski definition) is 0. The van der Waals surface area contributed by atoms with E-state index in [0.717, 1.165) is 44.9 Å². The summed E-state index contributed by atoms with van der Waals surface area (Å²) >= 11 is 0. The third kappa shape index (κ3) is 6.97. The minimum atomic E-state index is -2.66. The highest BCUT2D eigenvalue weighted by molar-refractivity contribution is 6.99. The number of hydrogen-bond acceptors (Lipinski definition) is 1. The Balaban J connectivity index is 1.79. The van der Waals surface area contributed by atoms with E-state index in [1.54, 1.807) is 0 Å². The van der Waals surface area contributed by atoms with Crippen molar-refractivity contribution >= 4 is 18.7 Å². The maximum absolute atomic E-state index is 7.75. The Morgan fingerprint density at radius 3 is 1.95 bits per heavy atom. The number of allylic oxidation sites excluding steroid dienone is 6. The standard InChI is InChI=1S/C39H54OSi/c1-30-16-15-17-31(2)28-29-39(8)33(4)24-26-34(39)25-23-32(3)37(27-22-30)40-41(38(5,6)7,35-18-11-9-12-19-35)36-20-13-10-14-21-36/h9-14,16,18-21,23,28,34,37H,4,15,17,22,24-27,29H2,1-3,5-8H3/b30-16+,31-28+,32-23+/t34-,37?,39+/m1/s1. The van der Waals surface area contributed by atoms with Gasteiger partial charge in [-0.2, -0.15) is 0 Å². The first kappa shape index (κ1) is 31.5. The van der Waals surface area contributed by atoms with Crippen molar-refractivity contribution in [2.75, 3.05) is 0 Å². The highest BCUT2D eigenvalue weighted by Gasteiger charge is 2.51. The van der Waals surface area contributed by atoms with Crippen molar-refractivity contribution in [3.8, 4) is 0 Å². The normalized spacial score (nSPS) is 29.1. The summed E-state index contributed by atoms with van der Waals surface area (Å²) in [7, 11) is -2.66. The summed E-state index contributed by atoms with van der Waals surface area (Å²) in [5.74, 6) is 0.632. The zero-order valence-electron chi connectivity index (χ0n) is 26.9. The second kappa shape index (κ2) is 13.3. The molecule has 41 heavy (non-hydrogen) atoms. The Morgan fingerprint density at radius 2 is 1.37 bits per heavy atom. The molecule has 0 heterocycles. The van der Waals surface area contributed by atoms with Gasteiger partial charge in [0.2, 0.25) is 0 Å². The first-order valence-corrected chi connectivity index (χ1v) is 17.8. The van der Waals surface area contributed by atoms with Crippen LogP contribution in [-0.4, -0.2) is 14.4 Å². The lowest BCUT2D eigenvalue weighted by Gasteiger charge is -2.45. The number of benzene rings is 2. The lowest BCUT2D eigenvalue weighted by Crippen LogP contribution is -2.67. The SMILES string of the molecule is C=C1CC[C@H]2C/C=C(\C)C(O[Si](c3ccccc3)(c3ccccc3)C(C)(C)C)CC/C(C)=C/CC/C(C)=C/C[C@@]12C. The topological polar surface area (TPSA) is 9.23 Å². The van der Waals surface area contributed by atoms with E-state index < -0.39 is 8.32 Å². The van der Waals surface area contributed by atoms with Crippen molar-refractivity contribution in [1.29, 1.82) is 0 Å². The van der Waals surface area contributed by atoms with Gasteiger partial charge < -0.3 is 4.43 Å². The molecule has 2 heteroatoms. The second-order valence-electron chi connectivity index (χ2n) is 14.1. The van der Waals surface area contributed by atoms with Crippen LogP contribution in [0, 0.1) is 11.3 Å². The molecule has 0 radical (unpaired) electrons. The predicted octanol–water partition coefficient (Wildman–Crippen LogP) is 10.1. The molecule has 3 atom stereocenters. The molecule has 1 unspecified atom stereocenters. The van der Waals surface area contributed by atoms with Crippen LogP contribution in [0.25, 0.3) is 0 Å². The van der Waals surface area contributed by atoms with Gasteiger partial charge in [0.15, 0.2) is 0 Å². The van der Waals surface area contributed by atoms with Crippen molar-refractivity contribution in [2.24, 2.45) is 11.3 Å².